The Morgan fingerprint density at radius 3 is 2.58 bits per heavy atom. The van der Waals surface area contributed by atoms with Crippen LogP contribution in [0.15, 0.2) is 84.6 Å². The molecule has 6 heteroatoms. The number of rotatable bonds is 7. The summed E-state index contributed by atoms with van der Waals surface area (Å²) >= 11 is 0. The van der Waals surface area contributed by atoms with Gasteiger partial charge in [-0.1, -0.05) is 48.5 Å². The van der Waals surface area contributed by atoms with E-state index < -0.39 is 0 Å². The van der Waals surface area contributed by atoms with Crippen molar-refractivity contribution in [3.8, 4) is 17.2 Å². The summed E-state index contributed by atoms with van der Waals surface area (Å²) < 4.78 is 11.0. The minimum Gasteiger partial charge on any atom is -0.507 e. The number of ether oxygens (including phenoxy) is 2. The van der Waals surface area contributed by atoms with Crippen LogP contribution in [-0.4, -0.2) is 18.0 Å². The lowest BCUT2D eigenvalue weighted by Gasteiger charge is -2.11. The first kappa shape index (κ1) is 20.5. The number of allylic oxidation sites excluding steroid dienone is 1. The Balaban J connectivity index is 1.48. The van der Waals surface area contributed by atoms with Crippen molar-refractivity contribution >= 4 is 5.78 Å². The normalized spacial score (nSPS) is 16.7. The number of hydrogen-bond acceptors (Lipinski definition) is 6. The molecule has 3 N–H and O–H groups in total. The van der Waals surface area contributed by atoms with Crippen LogP contribution in [0.2, 0.25) is 0 Å². The lowest BCUT2D eigenvalue weighted by Crippen LogP contribution is -2.24. The zero-order valence-corrected chi connectivity index (χ0v) is 17.2. The molecule has 1 saturated heterocycles. The highest BCUT2D eigenvalue weighted by Crippen LogP contribution is 2.31. The third-order valence-corrected chi connectivity index (χ3v) is 5.14. The van der Waals surface area contributed by atoms with Crippen molar-refractivity contribution in [3.05, 3.63) is 101 Å². The molecule has 0 bridgehead atoms. The predicted molar refractivity (Wildman–Crippen MR) is 118 cm³/mol. The molecule has 4 rings (SSSR count). The van der Waals surface area contributed by atoms with E-state index in [4.69, 9.17) is 9.47 Å². The van der Waals surface area contributed by atoms with E-state index in [1.165, 1.54) is 12.1 Å². The van der Waals surface area contributed by atoms with Crippen molar-refractivity contribution in [2.45, 2.75) is 19.1 Å². The van der Waals surface area contributed by atoms with Crippen molar-refractivity contribution < 1.29 is 19.4 Å². The Morgan fingerprint density at radius 1 is 1.06 bits per heavy atom. The number of benzene rings is 3. The molecule has 1 atom stereocenters. The van der Waals surface area contributed by atoms with Gasteiger partial charge in [0.1, 0.15) is 29.4 Å². The number of phenols is 1. The van der Waals surface area contributed by atoms with Gasteiger partial charge in [0.25, 0.3) is 0 Å². The van der Waals surface area contributed by atoms with Gasteiger partial charge in [0.15, 0.2) is 5.78 Å². The number of ketones is 1. The van der Waals surface area contributed by atoms with Crippen LogP contribution in [0.4, 0.5) is 0 Å². The van der Waals surface area contributed by atoms with Crippen molar-refractivity contribution in [3.63, 3.8) is 0 Å². The maximum absolute atomic E-state index is 13.0. The first-order valence-electron chi connectivity index (χ1n) is 10.0. The predicted octanol–water partition coefficient (Wildman–Crippen LogP) is 4.29. The monoisotopic (exact) mass is 416 g/mol. The van der Waals surface area contributed by atoms with Crippen molar-refractivity contribution in [1.82, 2.24) is 10.9 Å². The maximum atomic E-state index is 13.0. The topological polar surface area (TPSA) is 79.8 Å². The molecule has 31 heavy (non-hydrogen) atoms. The van der Waals surface area contributed by atoms with Gasteiger partial charge in [0.2, 0.25) is 0 Å². The van der Waals surface area contributed by atoms with E-state index >= 15 is 0 Å². The Hall–Kier alpha value is -3.77. The number of aromatic hydroxyl groups is 1. The molecule has 0 aromatic heterocycles. The van der Waals surface area contributed by atoms with Crippen LogP contribution in [-0.2, 0) is 6.61 Å². The number of methoxy groups -OCH3 is 1. The highest BCUT2D eigenvalue weighted by molar-refractivity contribution is 6.08. The maximum Gasteiger partial charge on any atom is 0.195 e. The van der Waals surface area contributed by atoms with Gasteiger partial charge >= 0.3 is 0 Å². The van der Waals surface area contributed by atoms with Crippen LogP contribution in [0, 0.1) is 0 Å². The summed E-state index contributed by atoms with van der Waals surface area (Å²) in [6.07, 6.45) is 2.12. The third kappa shape index (κ3) is 4.87. The van der Waals surface area contributed by atoms with Gasteiger partial charge in [-0.2, -0.15) is 0 Å². The lowest BCUT2D eigenvalue weighted by atomic mass is 10.0. The van der Waals surface area contributed by atoms with E-state index in [2.05, 4.69) is 10.9 Å². The quantitative estimate of drug-likeness (QED) is 0.394. The minimum absolute atomic E-state index is 0.0307. The second-order valence-corrected chi connectivity index (χ2v) is 7.26. The molecule has 6 nitrogen and oxygen atoms in total. The van der Waals surface area contributed by atoms with E-state index in [1.54, 1.807) is 19.2 Å². The fourth-order valence-corrected chi connectivity index (χ4v) is 3.49. The third-order valence-electron chi connectivity index (χ3n) is 5.14. The van der Waals surface area contributed by atoms with Gasteiger partial charge in [0.05, 0.1) is 13.2 Å². The number of hydrazine groups is 1. The van der Waals surface area contributed by atoms with E-state index in [1.807, 2.05) is 54.6 Å². The molecule has 1 heterocycles. The SMILES string of the molecule is COc1ccc(C2C/C(=C/C(=O)c3c(O)cccc3OCc3ccccc3)NN2)cc1. The summed E-state index contributed by atoms with van der Waals surface area (Å²) in [7, 11) is 1.63. The molecule has 158 valence electrons. The Labute approximate surface area is 181 Å². The Bertz CT molecular complexity index is 1080. The molecule has 0 aliphatic carbocycles. The number of hydrogen-bond donors (Lipinski definition) is 3. The molecule has 0 radical (unpaired) electrons. The Kier molecular flexibility index (Phi) is 6.19. The van der Waals surface area contributed by atoms with Gasteiger partial charge in [0, 0.05) is 18.2 Å². The van der Waals surface area contributed by atoms with E-state index in [9.17, 15) is 9.90 Å². The molecule has 1 unspecified atom stereocenters. The number of carbonyl (C=O) groups is 1. The minimum atomic E-state index is -0.319. The first-order valence-corrected chi connectivity index (χ1v) is 10.0. The zero-order chi connectivity index (χ0) is 21.6. The van der Waals surface area contributed by atoms with Gasteiger partial charge in [-0.3, -0.25) is 4.79 Å². The summed E-state index contributed by atoms with van der Waals surface area (Å²) in [6.45, 7) is 0.306. The molecule has 1 fully saturated rings. The molecule has 3 aromatic rings. The number of nitrogens with one attached hydrogen (secondary N) is 2. The van der Waals surface area contributed by atoms with Gasteiger partial charge in [-0.05, 0) is 35.4 Å². The van der Waals surface area contributed by atoms with Gasteiger partial charge < -0.3 is 20.0 Å². The van der Waals surface area contributed by atoms with Crippen molar-refractivity contribution in [1.29, 1.82) is 0 Å². The van der Waals surface area contributed by atoms with Crippen LogP contribution in [0.5, 0.6) is 17.2 Å². The summed E-state index contributed by atoms with van der Waals surface area (Å²) in [6, 6.07) is 22.3. The van der Waals surface area contributed by atoms with Crippen LogP contribution in [0.1, 0.15) is 33.9 Å². The summed E-state index contributed by atoms with van der Waals surface area (Å²) in [5, 5.41) is 10.3. The molecule has 3 aromatic carbocycles. The second-order valence-electron chi connectivity index (χ2n) is 7.26. The molecular weight excluding hydrogens is 392 g/mol. The molecule has 1 aliphatic heterocycles. The molecule has 1 aliphatic rings. The highest BCUT2D eigenvalue weighted by Gasteiger charge is 2.23. The van der Waals surface area contributed by atoms with E-state index in [0.717, 1.165) is 22.6 Å². The molecular formula is C25H24N2O4. The number of carbonyl (C=O) groups excluding carboxylic acids is 1. The largest absolute Gasteiger partial charge is 0.507 e. The molecule has 0 spiro atoms. The van der Waals surface area contributed by atoms with Crippen molar-refractivity contribution in [2.75, 3.05) is 7.11 Å². The fraction of sp³-hybridized carbons (Fsp3) is 0.160. The average molecular weight is 416 g/mol. The highest BCUT2D eigenvalue weighted by atomic mass is 16.5. The lowest BCUT2D eigenvalue weighted by molar-refractivity contribution is 0.103. The second kappa shape index (κ2) is 9.36. The fourth-order valence-electron chi connectivity index (χ4n) is 3.49. The molecule has 0 amide bonds. The van der Waals surface area contributed by atoms with E-state index in [-0.39, 0.29) is 23.1 Å². The number of phenolic OH excluding ortho intramolecular Hbond substituents is 1. The smallest absolute Gasteiger partial charge is 0.195 e. The van der Waals surface area contributed by atoms with Crippen LogP contribution >= 0.6 is 0 Å². The van der Waals surface area contributed by atoms with Gasteiger partial charge in [-0.25, -0.2) is 5.43 Å². The van der Waals surface area contributed by atoms with Crippen LogP contribution in [0.25, 0.3) is 0 Å². The first-order chi connectivity index (χ1) is 15.1. The summed E-state index contributed by atoms with van der Waals surface area (Å²) in [5.41, 5.74) is 9.21. The van der Waals surface area contributed by atoms with Crippen molar-refractivity contribution in [2.24, 2.45) is 0 Å². The van der Waals surface area contributed by atoms with Crippen LogP contribution in [0.3, 0.4) is 0 Å². The zero-order valence-electron chi connectivity index (χ0n) is 17.2. The van der Waals surface area contributed by atoms with Crippen LogP contribution < -0.4 is 20.3 Å². The summed E-state index contributed by atoms with van der Waals surface area (Å²) in [4.78, 5) is 13.0. The summed E-state index contributed by atoms with van der Waals surface area (Å²) in [5.74, 6) is 0.720. The van der Waals surface area contributed by atoms with Gasteiger partial charge in [-0.15, -0.1) is 0 Å². The average Bonchev–Trinajstić information content (AvgIpc) is 3.26. The molecule has 0 saturated carbocycles. The van der Waals surface area contributed by atoms with E-state index in [0.29, 0.717) is 18.8 Å². The Morgan fingerprint density at radius 2 is 1.84 bits per heavy atom. The standard InChI is InChI=1S/C25H24N2O4/c1-30-20-12-10-18(11-13-20)21-14-19(26-27-21)15-23(29)25-22(28)8-5-9-24(25)31-16-17-6-3-2-4-7-17/h2-13,15,21,26-28H,14,16H2,1H3/b19-15-.